The van der Waals surface area contributed by atoms with Crippen LogP contribution in [0.2, 0.25) is 0 Å². The van der Waals surface area contributed by atoms with E-state index in [-0.39, 0.29) is 18.1 Å². The van der Waals surface area contributed by atoms with Gasteiger partial charge in [0, 0.05) is 19.6 Å². The highest BCUT2D eigenvalue weighted by molar-refractivity contribution is 5.14. The summed E-state index contributed by atoms with van der Waals surface area (Å²) >= 11 is 0. The van der Waals surface area contributed by atoms with Gasteiger partial charge in [-0.3, -0.25) is 4.90 Å². The topological polar surface area (TPSA) is 43.7 Å². The van der Waals surface area contributed by atoms with Crippen molar-refractivity contribution < 1.29 is 10.2 Å². The molecule has 108 valence electrons. The summed E-state index contributed by atoms with van der Waals surface area (Å²) in [4.78, 5) is 2.18. The molecule has 0 spiro atoms. The molecule has 3 nitrogen and oxygen atoms in total. The van der Waals surface area contributed by atoms with Crippen LogP contribution in [0.3, 0.4) is 0 Å². The first-order valence-electron chi connectivity index (χ1n) is 6.98. The van der Waals surface area contributed by atoms with E-state index in [1.807, 2.05) is 39.0 Å². The lowest BCUT2D eigenvalue weighted by molar-refractivity contribution is 0.0428. The number of aliphatic hydroxyl groups is 2. The van der Waals surface area contributed by atoms with Crippen LogP contribution in [0, 0.1) is 5.41 Å². The minimum Gasteiger partial charge on any atom is -0.395 e. The summed E-state index contributed by atoms with van der Waals surface area (Å²) < 4.78 is 0. The van der Waals surface area contributed by atoms with Crippen molar-refractivity contribution in [3.05, 3.63) is 35.9 Å². The van der Waals surface area contributed by atoms with Crippen molar-refractivity contribution >= 4 is 0 Å². The summed E-state index contributed by atoms with van der Waals surface area (Å²) in [6, 6.07) is 10.2. The van der Waals surface area contributed by atoms with E-state index >= 15 is 0 Å². The standard InChI is InChI=1S/C16H27NO2/c1-16(2,3)15(19)9-10-17(11-12-18)13-14-7-5-4-6-8-14/h4-8,15,18-19H,9-13H2,1-3H3. The molecule has 1 aromatic carbocycles. The molecule has 0 aliphatic rings. The van der Waals surface area contributed by atoms with Crippen molar-refractivity contribution in [1.82, 2.24) is 4.90 Å². The van der Waals surface area contributed by atoms with Crippen LogP contribution in [0.25, 0.3) is 0 Å². The van der Waals surface area contributed by atoms with Gasteiger partial charge >= 0.3 is 0 Å². The first-order valence-corrected chi connectivity index (χ1v) is 6.98. The number of rotatable bonds is 7. The SMILES string of the molecule is CC(C)(C)C(O)CCN(CCO)Cc1ccccc1. The maximum Gasteiger partial charge on any atom is 0.0600 e. The first-order chi connectivity index (χ1) is 8.93. The maximum absolute atomic E-state index is 10.1. The lowest BCUT2D eigenvalue weighted by Crippen LogP contribution is -2.34. The van der Waals surface area contributed by atoms with Crippen molar-refractivity contribution in [1.29, 1.82) is 0 Å². The highest BCUT2D eigenvalue weighted by Gasteiger charge is 2.22. The number of hydrogen-bond acceptors (Lipinski definition) is 3. The molecule has 1 rings (SSSR count). The molecule has 3 heteroatoms. The molecule has 0 saturated heterocycles. The Kier molecular flexibility index (Phi) is 6.49. The zero-order valence-electron chi connectivity index (χ0n) is 12.3. The Balaban J connectivity index is 2.49. The normalized spacial score (nSPS) is 13.8. The van der Waals surface area contributed by atoms with Crippen LogP contribution in [0.4, 0.5) is 0 Å². The van der Waals surface area contributed by atoms with E-state index in [1.165, 1.54) is 5.56 Å². The Morgan fingerprint density at radius 2 is 1.74 bits per heavy atom. The molecule has 1 aromatic rings. The summed E-state index contributed by atoms with van der Waals surface area (Å²) in [5, 5.41) is 19.2. The molecule has 1 unspecified atom stereocenters. The molecule has 0 bridgehead atoms. The molecule has 2 N–H and O–H groups in total. The second kappa shape index (κ2) is 7.63. The average molecular weight is 265 g/mol. The lowest BCUT2D eigenvalue weighted by atomic mass is 9.87. The lowest BCUT2D eigenvalue weighted by Gasteiger charge is -2.29. The molecule has 1 atom stereocenters. The van der Waals surface area contributed by atoms with Crippen LogP contribution < -0.4 is 0 Å². The molecule has 19 heavy (non-hydrogen) atoms. The largest absolute Gasteiger partial charge is 0.395 e. The third-order valence-electron chi connectivity index (χ3n) is 3.38. The van der Waals surface area contributed by atoms with E-state index in [2.05, 4.69) is 17.0 Å². The summed E-state index contributed by atoms with van der Waals surface area (Å²) in [6.07, 6.45) is 0.417. The van der Waals surface area contributed by atoms with E-state index in [4.69, 9.17) is 5.11 Å². The number of nitrogens with zero attached hydrogens (tertiary/aromatic N) is 1. The third-order valence-corrected chi connectivity index (χ3v) is 3.38. The molecule has 0 amide bonds. The Bertz CT molecular complexity index is 346. The van der Waals surface area contributed by atoms with E-state index < -0.39 is 0 Å². The van der Waals surface area contributed by atoms with E-state index in [9.17, 15) is 5.11 Å². The van der Waals surface area contributed by atoms with Gasteiger partial charge in [-0.1, -0.05) is 51.1 Å². The van der Waals surface area contributed by atoms with Gasteiger partial charge in [0.2, 0.25) is 0 Å². The van der Waals surface area contributed by atoms with Crippen LogP contribution in [0.5, 0.6) is 0 Å². The average Bonchev–Trinajstić information content (AvgIpc) is 2.36. The van der Waals surface area contributed by atoms with Crippen molar-refractivity contribution in [3.8, 4) is 0 Å². The maximum atomic E-state index is 10.1. The third kappa shape index (κ3) is 6.19. The fourth-order valence-corrected chi connectivity index (χ4v) is 1.99. The summed E-state index contributed by atoms with van der Waals surface area (Å²) in [7, 11) is 0. The minimum atomic E-state index is -0.315. The first kappa shape index (κ1) is 16.2. The summed E-state index contributed by atoms with van der Waals surface area (Å²) in [6.45, 7) is 8.55. The Hall–Kier alpha value is -0.900. The molecular weight excluding hydrogens is 238 g/mol. The number of benzene rings is 1. The zero-order chi connectivity index (χ0) is 14.3. The Morgan fingerprint density at radius 1 is 1.11 bits per heavy atom. The van der Waals surface area contributed by atoms with Gasteiger partial charge in [-0.2, -0.15) is 0 Å². The monoisotopic (exact) mass is 265 g/mol. The van der Waals surface area contributed by atoms with Gasteiger partial charge in [0.05, 0.1) is 12.7 Å². The minimum absolute atomic E-state index is 0.0857. The van der Waals surface area contributed by atoms with Crippen LogP contribution in [0.15, 0.2) is 30.3 Å². The summed E-state index contributed by atoms with van der Waals surface area (Å²) in [5.41, 5.74) is 1.15. The molecule has 0 radical (unpaired) electrons. The van der Waals surface area contributed by atoms with Crippen LogP contribution in [0.1, 0.15) is 32.8 Å². The fraction of sp³-hybridized carbons (Fsp3) is 0.625. The predicted octanol–water partition coefficient (Wildman–Crippen LogP) is 2.28. The molecule has 0 aliphatic carbocycles. The molecule has 0 fully saturated rings. The smallest absolute Gasteiger partial charge is 0.0600 e. The van der Waals surface area contributed by atoms with E-state index in [0.717, 1.165) is 19.5 Å². The van der Waals surface area contributed by atoms with Gasteiger partial charge in [0.1, 0.15) is 0 Å². The predicted molar refractivity (Wildman–Crippen MR) is 78.9 cm³/mol. The van der Waals surface area contributed by atoms with Crippen molar-refractivity contribution in [2.45, 2.75) is 39.8 Å². The van der Waals surface area contributed by atoms with E-state index in [0.29, 0.717) is 6.54 Å². The van der Waals surface area contributed by atoms with Crippen molar-refractivity contribution in [2.24, 2.45) is 5.41 Å². The molecule has 0 aliphatic heterocycles. The van der Waals surface area contributed by atoms with Gasteiger partial charge in [-0.05, 0) is 17.4 Å². The van der Waals surface area contributed by atoms with Crippen LogP contribution in [-0.2, 0) is 6.54 Å². The van der Waals surface area contributed by atoms with Gasteiger partial charge in [0.15, 0.2) is 0 Å². The molecule has 0 aromatic heterocycles. The second-order valence-corrected chi connectivity index (χ2v) is 6.16. The quantitative estimate of drug-likeness (QED) is 0.795. The summed E-state index contributed by atoms with van der Waals surface area (Å²) in [5.74, 6) is 0. The second-order valence-electron chi connectivity index (χ2n) is 6.16. The van der Waals surface area contributed by atoms with Gasteiger partial charge in [0.25, 0.3) is 0 Å². The Labute approximate surface area is 116 Å². The number of hydrogen-bond donors (Lipinski definition) is 2. The highest BCUT2D eigenvalue weighted by atomic mass is 16.3. The van der Waals surface area contributed by atoms with Gasteiger partial charge in [-0.15, -0.1) is 0 Å². The number of aliphatic hydroxyl groups excluding tert-OH is 2. The molecule has 0 saturated carbocycles. The molecule has 0 heterocycles. The molecular formula is C16H27NO2. The van der Waals surface area contributed by atoms with Crippen molar-refractivity contribution in [3.63, 3.8) is 0 Å². The van der Waals surface area contributed by atoms with Gasteiger partial charge < -0.3 is 10.2 Å². The van der Waals surface area contributed by atoms with Crippen molar-refractivity contribution in [2.75, 3.05) is 19.7 Å². The Morgan fingerprint density at radius 3 is 2.26 bits per heavy atom. The zero-order valence-corrected chi connectivity index (χ0v) is 12.3. The van der Waals surface area contributed by atoms with Gasteiger partial charge in [-0.25, -0.2) is 0 Å². The van der Waals surface area contributed by atoms with Crippen LogP contribution in [-0.4, -0.2) is 40.9 Å². The van der Waals surface area contributed by atoms with Crippen LogP contribution >= 0.6 is 0 Å². The fourth-order valence-electron chi connectivity index (χ4n) is 1.99. The van der Waals surface area contributed by atoms with E-state index in [1.54, 1.807) is 0 Å². The highest BCUT2D eigenvalue weighted by Crippen LogP contribution is 2.21.